The Morgan fingerprint density at radius 2 is 2.20 bits per heavy atom. The van der Waals surface area contributed by atoms with E-state index < -0.39 is 6.10 Å². The molecular formula is C11H10BrNOS. The summed E-state index contributed by atoms with van der Waals surface area (Å²) in [5, 5.41) is 13.9. The lowest BCUT2D eigenvalue weighted by atomic mass is 10.1. The molecule has 78 valence electrons. The summed E-state index contributed by atoms with van der Waals surface area (Å²) in [4.78, 5) is 4.21. The average molecular weight is 284 g/mol. The van der Waals surface area contributed by atoms with Crippen LogP contribution in [0.4, 0.5) is 0 Å². The maximum Gasteiger partial charge on any atom is 0.123 e. The molecule has 2 aromatic rings. The van der Waals surface area contributed by atoms with Crippen LogP contribution in [0.1, 0.15) is 22.9 Å². The predicted molar refractivity (Wildman–Crippen MR) is 65.1 cm³/mol. The minimum atomic E-state index is -0.647. The van der Waals surface area contributed by atoms with Gasteiger partial charge in [-0.3, -0.25) is 4.98 Å². The van der Waals surface area contributed by atoms with E-state index in [1.54, 1.807) is 17.5 Å². The Hall–Kier alpha value is -0.710. The number of aliphatic hydroxyl groups is 1. The van der Waals surface area contributed by atoms with Crippen LogP contribution in [0.3, 0.4) is 0 Å². The molecule has 4 heteroatoms. The lowest BCUT2D eigenvalue weighted by Gasteiger charge is -2.09. The van der Waals surface area contributed by atoms with Gasteiger partial charge in [-0.2, -0.15) is 11.3 Å². The van der Waals surface area contributed by atoms with Gasteiger partial charge in [0.2, 0.25) is 0 Å². The molecule has 2 aromatic heterocycles. The number of aliphatic hydroxyl groups excluding tert-OH is 1. The molecule has 0 aliphatic rings. The first-order valence-corrected chi connectivity index (χ1v) is 6.24. The maximum absolute atomic E-state index is 10.1. The summed E-state index contributed by atoms with van der Waals surface area (Å²) in [5.41, 5.74) is 2.64. The lowest BCUT2D eigenvalue weighted by molar-refractivity contribution is 0.215. The van der Waals surface area contributed by atoms with Crippen molar-refractivity contribution >= 4 is 27.3 Å². The van der Waals surface area contributed by atoms with Gasteiger partial charge in [-0.1, -0.05) is 6.07 Å². The smallest absolute Gasteiger partial charge is 0.123 e. The minimum absolute atomic E-state index is 0.647. The van der Waals surface area contributed by atoms with Gasteiger partial charge in [0.15, 0.2) is 0 Å². The standard InChI is InChI=1S/C11H10BrNOS/c1-7-2-3-10(13-4-7)11(14)8-5-15-6-9(8)12/h2-6,11,14H,1H3. The third-order valence-electron chi connectivity index (χ3n) is 2.15. The number of halogens is 1. The molecule has 0 radical (unpaired) electrons. The van der Waals surface area contributed by atoms with Crippen molar-refractivity contribution in [2.75, 3.05) is 0 Å². The summed E-state index contributed by atoms with van der Waals surface area (Å²) >= 11 is 4.96. The number of hydrogen-bond donors (Lipinski definition) is 1. The first kappa shape index (κ1) is 10.8. The van der Waals surface area contributed by atoms with E-state index in [1.807, 2.05) is 29.8 Å². The molecule has 2 heterocycles. The Kier molecular flexibility index (Phi) is 3.19. The zero-order chi connectivity index (χ0) is 10.8. The van der Waals surface area contributed by atoms with Gasteiger partial charge in [-0.25, -0.2) is 0 Å². The van der Waals surface area contributed by atoms with Crippen molar-refractivity contribution in [3.05, 3.63) is 50.4 Å². The quantitative estimate of drug-likeness (QED) is 0.918. The molecule has 2 nitrogen and oxygen atoms in total. The van der Waals surface area contributed by atoms with Crippen molar-refractivity contribution in [1.82, 2.24) is 4.98 Å². The largest absolute Gasteiger partial charge is 0.382 e. The van der Waals surface area contributed by atoms with E-state index in [1.165, 1.54) is 0 Å². The summed E-state index contributed by atoms with van der Waals surface area (Å²) in [6.07, 6.45) is 1.12. The third kappa shape index (κ3) is 2.27. The Labute approximate surface area is 101 Å². The third-order valence-corrected chi connectivity index (χ3v) is 3.90. The highest BCUT2D eigenvalue weighted by molar-refractivity contribution is 9.10. The molecule has 15 heavy (non-hydrogen) atoms. The highest BCUT2D eigenvalue weighted by Gasteiger charge is 2.15. The van der Waals surface area contributed by atoms with Gasteiger partial charge in [0, 0.05) is 21.6 Å². The van der Waals surface area contributed by atoms with Crippen molar-refractivity contribution in [1.29, 1.82) is 0 Å². The van der Waals surface area contributed by atoms with Crippen LogP contribution < -0.4 is 0 Å². The van der Waals surface area contributed by atoms with E-state index in [2.05, 4.69) is 20.9 Å². The van der Waals surface area contributed by atoms with Crippen LogP contribution in [0.2, 0.25) is 0 Å². The van der Waals surface area contributed by atoms with Crippen molar-refractivity contribution < 1.29 is 5.11 Å². The Balaban J connectivity index is 2.32. The lowest BCUT2D eigenvalue weighted by Crippen LogP contribution is -2.01. The number of aromatic nitrogens is 1. The first-order chi connectivity index (χ1) is 7.18. The van der Waals surface area contributed by atoms with Gasteiger partial charge >= 0.3 is 0 Å². The van der Waals surface area contributed by atoms with Gasteiger partial charge < -0.3 is 5.11 Å². The molecular weight excluding hydrogens is 274 g/mol. The van der Waals surface area contributed by atoms with Gasteiger partial charge in [-0.05, 0) is 39.9 Å². The zero-order valence-electron chi connectivity index (χ0n) is 8.14. The molecule has 0 aliphatic heterocycles. The number of thiophene rings is 1. The number of pyridine rings is 1. The average Bonchev–Trinajstić information content (AvgIpc) is 2.65. The van der Waals surface area contributed by atoms with Crippen molar-refractivity contribution in [3.63, 3.8) is 0 Å². The van der Waals surface area contributed by atoms with E-state index in [9.17, 15) is 5.11 Å². The van der Waals surface area contributed by atoms with E-state index in [4.69, 9.17) is 0 Å². The summed E-state index contributed by atoms with van der Waals surface area (Å²) in [6.45, 7) is 1.98. The van der Waals surface area contributed by atoms with Crippen LogP contribution in [0.25, 0.3) is 0 Å². The molecule has 0 aromatic carbocycles. The molecule has 1 N–H and O–H groups in total. The van der Waals surface area contributed by atoms with E-state index >= 15 is 0 Å². The molecule has 2 rings (SSSR count). The highest BCUT2D eigenvalue weighted by Crippen LogP contribution is 2.30. The Morgan fingerprint density at radius 3 is 2.73 bits per heavy atom. The van der Waals surface area contributed by atoms with Crippen molar-refractivity contribution in [3.8, 4) is 0 Å². The van der Waals surface area contributed by atoms with Gasteiger partial charge in [0.25, 0.3) is 0 Å². The monoisotopic (exact) mass is 283 g/mol. The van der Waals surface area contributed by atoms with Crippen LogP contribution in [-0.2, 0) is 0 Å². The van der Waals surface area contributed by atoms with E-state index in [0.29, 0.717) is 5.69 Å². The van der Waals surface area contributed by atoms with Crippen LogP contribution in [0.15, 0.2) is 33.6 Å². The normalized spacial score (nSPS) is 12.7. The number of aryl methyl sites for hydroxylation is 1. The predicted octanol–water partition coefficient (Wildman–Crippen LogP) is 3.30. The summed E-state index contributed by atoms with van der Waals surface area (Å²) < 4.78 is 0.933. The van der Waals surface area contributed by atoms with Crippen LogP contribution >= 0.6 is 27.3 Å². The molecule has 1 atom stereocenters. The molecule has 0 saturated heterocycles. The fraction of sp³-hybridized carbons (Fsp3) is 0.182. The minimum Gasteiger partial charge on any atom is -0.382 e. The van der Waals surface area contributed by atoms with Crippen molar-refractivity contribution in [2.24, 2.45) is 0 Å². The second kappa shape index (κ2) is 4.43. The molecule has 0 bridgehead atoms. The fourth-order valence-electron chi connectivity index (χ4n) is 1.29. The zero-order valence-corrected chi connectivity index (χ0v) is 10.5. The van der Waals surface area contributed by atoms with Gasteiger partial charge in [0.1, 0.15) is 6.10 Å². The molecule has 0 saturated carbocycles. The molecule has 0 aliphatic carbocycles. The van der Waals surface area contributed by atoms with E-state index in [-0.39, 0.29) is 0 Å². The Bertz CT molecular complexity index is 452. The Morgan fingerprint density at radius 1 is 1.40 bits per heavy atom. The topological polar surface area (TPSA) is 33.1 Å². The summed E-state index contributed by atoms with van der Waals surface area (Å²) in [7, 11) is 0. The second-order valence-electron chi connectivity index (χ2n) is 3.34. The van der Waals surface area contributed by atoms with E-state index in [0.717, 1.165) is 15.6 Å². The highest BCUT2D eigenvalue weighted by atomic mass is 79.9. The van der Waals surface area contributed by atoms with Crippen LogP contribution in [0.5, 0.6) is 0 Å². The molecule has 0 amide bonds. The SMILES string of the molecule is Cc1ccc(C(O)c2cscc2Br)nc1. The van der Waals surface area contributed by atoms with Crippen LogP contribution in [-0.4, -0.2) is 10.1 Å². The number of nitrogens with zero attached hydrogens (tertiary/aromatic N) is 1. The second-order valence-corrected chi connectivity index (χ2v) is 4.94. The number of hydrogen-bond acceptors (Lipinski definition) is 3. The summed E-state index contributed by atoms with van der Waals surface area (Å²) in [5.74, 6) is 0. The van der Waals surface area contributed by atoms with Gasteiger partial charge in [-0.15, -0.1) is 0 Å². The number of rotatable bonds is 2. The fourth-order valence-corrected chi connectivity index (χ4v) is 2.82. The molecule has 0 spiro atoms. The maximum atomic E-state index is 10.1. The van der Waals surface area contributed by atoms with Crippen LogP contribution in [0, 0.1) is 6.92 Å². The van der Waals surface area contributed by atoms with Crippen molar-refractivity contribution in [2.45, 2.75) is 13.0 Å². The molecule has 0 fully saturated rings. The summed E-state index contributed by atoms with van der Waals surface area (Å²) in [6, 6.07) is 3.80. The van der Waals surface area contributed by atoms with Gasteiger partial charge in [0.05, 0.1) is 5.69 Å². The first-order valence-electron chi connectivity index (χ1n) is 4.50. The molecule has 1 unspecified atom stereocenters.